The summed E-state index contributed by atoms with van der Waals surface area (Å²) in [5.74, 6) is -0.381. The predicted molar refractivity (Wildman–Crippen MR) is 94.1 cm³/mol. The van der Waals surface area contributed by atoms with Gasteiger partial charge < -0.3 is 10.0 Å². The Bertz CT molecular complexity index is 689. The van der Waals surface area contributed by atoms with E-state index in [0.29, 0.717) is 23.1 Å². The topological polar surface area (TPSA) is 56.7 Å². The van der Waals surface area contributed by atoms with Crippen LogP contribution in [0.15, 0.2) is 30.5 Å². The zero-order chi connectivity index (χ0) is 17.5. The highest BCUT2D eigenvalue weighted by molar-refractivity contribution is 5.99. The van der Waals surface area contributed by atoms with Crippen molar-refractivity contribution in [1.82, 2.24) is 9.88 Å². The summed E-state index contributed by atoms with van der Waals surface area (Å²) in [5, 5.41) is 10.2. The van der Waals surface area contributed by atoms with E-state index in [9.17, 15) is 14.3 Å². The Morgan fingerprint density at radius 3 is 2.54 bits per heavy atom. The summed E-state index contributed by atoms with van der Waals surface area (Å²) in [7, 11) is 0. The molecule has 1 aromatic heterocycles. The highest BCUT2D eigenvalue weighted by Gasteiger charge is 2.17. The molecule has 0 saturated carbocycles. The van der Waals surface area contributed by atoms with Gasteiger partial charge in [0.15, 0.2) is 0 Å². The Morgan fingerprint density at radius 1 is 1.17 bits per heavy atom. The van der Waals surface area contributed by atoms with Gasteiger partial charge in [0.25, 0.3) is 0 Å². The predicted octanol–water partition coefficient (Wildman–Crippen LogP) is 3.98. The van der Waals surface area contributed by atoms with Crippen LogP contribution in [0.3, 0.4) is 0 Å². The van der Waals surface area contributed by atoms with Gasteiger partial charge in [-0.25, -0.2) is 9.18 Å². The molecule has 1 N–H and O–H groups in total. The third-order valence-corrected chi connectivity index (χ3v) is 4.20. The molecule has 130 valence electrons. The first-order chi connectivity index (χ1) is 11.6. The molecule has 0 atom stereocenters. The monoisotopic (exact) mass is 333 g/mol. The molecule has 0 spiro atoms. The third kappa shape index (κ3) is 4.41. The lowest BCUT2D eigenvalue weighted by Gasteiger charge is -2.22. The summed E-state index contributed by atoms with van der Waals surface area (Å²) in [5.41, 5.74) is 1.01. The van der Waals surface area contributed by atoms with Gasteiger partial charge in [0, 0.05) is 24.2 Å². The van der Waals surface area contributed by atoms with Crippen molar-refractivity contribution in [3.8, 4) is 0 Å². The molecule has 0 aliphatic carbocycles. The minimum atomic E-state index is -1.00. The number of pyridine rings is 1. The van der Waals surface area contributed by atoms with E-state index < -0.39 is 6.09 Å². The van der Waals surface area contributed by atoms with Gasteiger partial charge in [0.05, 0.1) is 11.2 Å². The number of aromatic nitrogens is 1. The normalized spacial score (nSPS) is 11.2. The lowest BCUT2D eigenvalue weighted by molar-refractivity contribution is 0.201. The van der Waals surface area contributed by atoms with Gasteiger partial charge >= 0.3 is 6.09 Å². The van der Waals surface area contributed by atoms with Crippen molar-refractivity contribution in [2.75, 3.05) is 31.1 Å². The highest BCUT2D eigenvalue weighted by Crippen LogP contribution is 2.26. The van der Waals surface area contributed by atoms with Crippen molar-refractivity contribution in [2.24, 2.45) is 0 Å². The second-order valence-corrected chi connectivity index (χ2v) is 5.66. The molecule has 0 aliphatic heterocycles. The van der Waals surface area contributed by atoms with Crippen molar-refractivity contribution in [3.63, 3.8) is 0 Å². The molecule has 0 saturated heterocycles. The van der Waals surface area contributed by atoms with Crippen molar-refractivity contribution in [3.05, 3.63) is 36.3 Å². The number of unbranched alkanes of at least 4 members (excludes halogenated alkanes) is 1. The molecular formula is C18H24FN3O2. The van der Waals surface area contributed by atoms with Crippen molar-refractivity contribution < 1.29 is 14.3 Å². The second-order valence-electron chi connectivity index (χ2n) is 5.66. The van der Waals surface area contributed by atoms with Gasteiger partial charge in [0.2, 0.25) is 0 Å². The van der Waals surface area contributed by atoms with Gasteiger partial charge in [-0.15, -0.1) is 0 Å². The van der Waals surface area contributed by atoms with E-state index in [-0.39, 0.29) is 5.82 Å². The SMILES string of the molecule is CCN(CC)CCCCN(C(=O)O)c1ccnc2cc(F)ccc12. The lowest BCUT2D eigenvalue weighted by Crippen LogP contribution is -2.31. The molecule has 5 nitrogen and oxygen atoms in total. The standard InChI is InChI=1S/C18H24FN3O2/c1-3-21(4-2)11-5-6-12-22(18(23)24)17-9-10-20-16-13-14(19)7-8-15(16)17/h7-10,13H,3-6,11-12H2,1-2H3,(H,23,24). The summed E-state index contributed by atoms with van der Waals surface area (Å²) in [4.78, 5) is 19.4. The fraction of sp³-hybridized carbons (Fsp3) is 0.444. The smallest absolute Gasteiger partial charge is 0.411 e. The lowest BCUT2D eigenvalue weighted by atomic mass is 10.1. The summed E-state index contributed by atoms with van der Waals surface area (Å²) in [6, 6.07) is 5.89. The number of nitrogens with zero attached hydrogens (tertiary/aromatic N) is 3. The Balaban J connectivity index is 2.12. The Labute approximate surface area is 141 Å². The minimum Gasteiger partial charge on any atom is -0.465 e. The Kier molecular flexibility index (Phi) is 6.49. The van der Waals surface area contributed by atoms with Crippen LogP contribution < -0.4 is 4.90 Å². The largest absolute Gasteiger partial charge is 0.465 e. The first kappa shape index (κ1) is 18.1. The van der Waals surface area contributed by atoms with Crippen molar-refractivity contribution in [2.45, 2.75) is 26.7 Å². The number of rotatable bonds is 8. The number of amides is 1. The number of benzene rings is 1. The molecule has 0 radical (unpaired) electrons. The highest BCUT2D eigenvalue weighted by atomic mass is 19.1. The second kappa shape index (κ2) is 8.59. The van der Waals surface area contributed by atoms with Crippen LogP contribution in [0.1, 0.15) is 26.7 Å². The van der Waals surface area contributed by atoms with E-state index >= 15 is 0 Å². The summed E-state index contributed by atoms with van der Waals surface area (Å²) < 4.78 is 13.3. The van der Waals surface area contributed by atoms with Crippen molar-refractivity contribution in [1.29, 1.82) is 0 Å². The van der Waals surface area contributed by atoms with Crippen LogP contribution in [0.4, 0.5) is 14.9 Å². The van der Waals surface area contributed by atoms with E-state index in [0.717, 1.165) is 32.5 Å². The van der Waals surface area contributed by atoms with Gasteiger partial charge in [-0.2, -0.15) is 0 Å². The third-order valence-electron chi connectivity index (χ3n) is 4.20. The molecule has 24 heavy (non-hydrogen) atoms. The fourth-order valence-electron chi connectivity index (χ4n) is 2.81. The molecule has 2 rings (SSSR count). The molecule has 1 amide bonds. The molecule has 0 unspecified atom stereocenters. The van der Waals surface area contributed by atoms with Gasteiger partial charge in [-0.1, -0.05) is 13.8 Å². The maximum atomic E-state index is 13.3. The van der Waals surface area contributed by atoms with Gasteiger partial charge in [-0.05, 0) is 50.7 Å². The molecule has 0 bridgehead atoms. The molecule has 1 heterocycles. The summed E-state index contributed by atoms with van der Waals surface area (Å²) in [6.07, 6.45) is 2.22. The van der Waals surface area contributed by atoms with E-state index in [1.807, 2.05) is 0 Å². The number of halogens is 1. The van der Waals surface area contributed by atoms with Crippen LogP contribution in [-0.4, -0.2) is 47.3 Å². The minimum absolute atomic E-state index is 0.381. The van der Waals surface area contributed by atoms with E-state index in [4.69, 9.17) is 0 Å². The quantitative estimate of drug-likeness (QED) is 0.742. The Hall–Kier alpha value is -2.21. The first-order valence-corrected chi connectivity index (χ1v) is 8.33. The average Bonchev–Trinajstić information content (AvgIpc) is 2.57. The van der Waals surface area contributed by atoms with Crippen LogP contribution in [0, 0.1) is 5.82 Å². The van der Waals surface area contributed by atoms with Gasteiger partial charge in [-0.3, -0.25) is 9.88 Å². The molecular weight excluding hydrogens is 309 g/mol. The first-order valence-electron chi connectivity index (χ1n) is 8.33. The number of carboxylic acid groups (broad SMARTS) is 1. The van der Waals surface area contributed by atoms with Crippen LogP contribution >= 0.6 is 0 Å². The molecule has 2 aromatic rings. The van der Waals surface area contributed by atoms with Crippen LogP contribution in [-0.2, 0) is 0 Å². The maximum Gasteiger partial charge on any atom is 0.411 e. The fourth-order valence-corrected chi connectivity index (χ4v) is 2.81. The number of anilines is 1. The number of carbonyl (C=O) groups is 1. The van der Waals surface area contributed by atoms with Crippen molar-refractivity contribution >= 4 is 22.7 Å². The molecule has 0 fully saturated rings. The van der Waals surface area contributed by atoms with E-state index in [1.165, 1.54) is 23.2 Å². The van der Waals surface area contributed by atoms with Gasteiger partial charge in [0.1, 0.15) is 5.82 Å². The number of fused-ring (bicyclic) bond motifs is 1. The average molecular weight is 333 g/mol. The van der Waals surface area contributed by atoms with Crippen LogP contribution in [0.2, 0.25) is 0 Å². The molecule has 6 heteroatoms. The Morgan fingerprint density at radius 2 is 1.88 bits per heavy atom. The summed E-state index contributed by atoms with van der Waals surface area (Å²) in [6.45, 7) is 7.61. The van der Waals surface area contributed by atoms with E-state index in [1.54, 1.807) is 12.1 Å². The molecule has 1 aromatic carbocycles. The zero-order valence-corrected chi connectivity index (χ0v) is 14.2. The number of hydrogen-bond acceptors (Lipinski definition) is 3. The van der Waals surface area contributed by atoms with Crippen LogP contribution in [0.5, 0.6) is 0 Å². The van der Waals surface area contributed by atoms with E-state index in [2.05, 4.69) is 23.7 Å². The summed E-state index contributed by atoms with van der Waals surface area (Å²) >= 11 is 0. The number of hydrogen-bond donors (Lipinski definition) is 1. The molecule has 0 aliphatic rings. The zero-order valence-electron chi connectivity index (χ0n) is 14.2. The maximum absolute atomic E-state index is 13.3. The van der Waals surface area contributed by atoms with Crippen LogP contribution in [0.25, 0.3) is 10.9 Å².